The standard InChI is InChI=1S/C21H23F3N4O4S/c22-21(23,24)13-3-1-12(2-4-13)16-5-6-17(27-16)19(31)28-18(7-25)20-26-8-15(33-20)11-32-10-14(30)9-29/h1-6,8,14,18,27,29-30H,7,9-11,25H2,(H,28,31)/t14?,18-/m1/s1. The molecule has 0 bridgehead atoms. The van der Waals surface area contributed by atoms with Crippen LogP contribution in [0, 0.1) is 0 Å². The molecule has 0 fully saturated rings. The fourth-order valence-corrected chi connectivity index (χ4v) is 3.81. The van der Waals surface area contributed by atoms with Crippen LogP contribution < -0.4 is 11.1 Å². The molecule has 8 nitrogen and oxygen atoms in total. The number of nitrogens with two attached hydrogens (primary N) is 1. The molecule has 1 amide bonds. The molecule has 0 radical (unpaired) electrons. The number of benzene rings is 1. The Morgan fingerprint density at radius 2 is 1.97 bits per heavy atom. The highest BCUT2D eigenvalue weighted by molar-refractivity contribution is 7.11. The smallest absolute Gasteiger partial charge is 0.394 e. The maximum atomic E-state index is 12.7. The number of rotatable bonds is 10. The van der Waals surface area contributed by atoms with Crippen LogP contribution in [0.4, 0.5) is 13.2 Å². The van der Waals surface area contributed by atoms with Gasteiger partial charge in [0.05, 0.1) is 36.3 Å². The van der Waals surface area contributed by atoms with Gasteiger partial charge in [-0.2, -0.15) is 13.2 Å². The number of halogens is 3. The molecule has 0 saturated heterocycles. The number of thiazole rings is 1. The van der Waals surface area contributed by atoms with E-state index in [1.54, 1.807) is 12.3 Å². The van der Waals surface area contributed by atoms with Crippen molar-refractivity contribution in [1.29, 1.82) is 0 Å². The molecule has 3 rings (SSSR count). The summed E-state index contributed by atoms with van der Waals surface area (Å²) in [5, 5.41) is 21.4. The first-order valence-corrected chi connectivity index (χ1v) is 10.7. The molecule has 0 aliphatic rings. The molecule has 2 atom stereocenters. The van der Waals surface area contributed by atoms with Crippen LogP contribution in [0.5, 0.6) is 0 Å². The predicted molar refractivity (Wildman–Crippen MR) is 115 cm³/mol. The number of carbonyl (C=O) groups excluding carboxylic acids is 1. The number of hydrogen-bond acceptors (Lipinski definition) is 7. The SMILES string of the molecule is NC[C@@H](NC(=O)c1ccc(-c2ccc(C(F)(F)F)cc2)[nH]1)c1ncc(COCC(O)CO)s1. The third kappa shape index (κ3) is 6.62. The van der Waals surface area contributed by atoms with Gasteiger partial charge < -0.3 is 31.0 Å². The van der Waals surface area contributed by atoms with Gasteiger partial charge in [-0.1, -0.05) is 12.1 Å². The van der Waals surface area contributed by atoms with Crippen LogP contribution >= 0.6 is 11.3 Å². The van der Waals surface area contributed by atoms with Gasteiger partial charge in [0.2, 0.25) is 0 Å². The monoisotopic (exact) mass is 484 g/mol. The zero-order chi connectivity index (χ0) is 24.0. The summed E-state index contributed by atoms with van der Waals surface area (Å²) in [5.74, 6) is -0.442. The highest BCUT2D eigenvalue weighted by Gasteiger charge is 2.30. The summed E-state index contributed by atoms with van der Waals surface area (Å²) in [5.41, 5.74) is 6.28. The number of carbonyl (C=O) groups is 1. The van der Waals surface area contributed by atoms with E-state index in [0.717, 1.165) is 17.0 Å². The Morgan fingerprint density at radius 3 is 2.61 bits per heavy atom. The first-order valence-electron chi connectivity index (χ1n) is 9.90. The molecule has 0 aliphatic carbocycles. The lowest BCUT2D eigenvalue weighted by atomic mass is 10.1. The summed E-state index contributed by atoms with van der Waals surface area (Å²) in [6.07, 6.45) is -3.79. The van der Waals surface area contributed by atoms with Gasteiger partial charge >= 0.3 is 6.18 Å². The van der Waals surface area contributed by atoms with E-state index in [1.807, 2.05) is 0 Å². The van der Waals surface area contributed by atoms with Crippen LogP contribution in [0.25, 0.3) is 11.3 Å². The largest absolute Gasteiger partial charge is 0.416 e. The summed E-state index contributed by atoms with van der Waals surface area (Å²) in [6.45, 7) is -0.133. The highest BCUT2D eigenvalue weighted by atomic mass is 32.1. The Balaban J connectivity index is 1.62. The van der Waals surface area contributed by atoms with E-state index in [2.05, 4.69) is 15.3 Å². The van der Waals surface area contributed by atoms with E-state index in [1.165, 1.54) is 29.5 Å². The van der Waals surface area contributed by atoms with Crippen molar-refractivity contribution in [3.63, 3.8) is 0 Å². The lowest BCUT2D eigenvalue weighted by Gasteiger charge is -2.13. The minimum Gasteiger partial charge on any atom is -0.394 e. The number of hydrogen-bond donors (Lipinski definition) is 5. The highest BCUT2D eigenvalue weighted by Crippen LogP contribution is 2.31. The first kappa shape index (κ1) is 24.9. The van der Waals surface area contributed by atoms with Gasteiger partial charge in [0.15, 0.2) is 0 Å². The normalized spacial score (nSPS) is 13.6. The zero-order valence-electron chi connectivity index (χ0n) is 17.3. The number of H-pyrrole nitrogens is 1. The summed E-state index contributed by atoms with van der Waals surface area (Å²) >= 11 is 1.29. The number of aliphatic hydroxyl groups excluding tert-OH is 2. The van der Waals surface area contributed by atoms with Crippen LogP contribution in [0.1, 0.15) is 32.0 Å². The molecule has 178 valence electrons. The van der Waals surface area contributed by atoms with Crippen LogP contribution in [0.15, 0.2) is 42.6 Å². The Hall–Kier alpha value is -2.77. The average Bonchev–Trinajstić information content (AvgIpc) is 3.47. The molecule has 6 N–H and O–H groups in total. The molecule has 12 heteroatoms. The van der Waals surface area contributed by atoms with Crippen molar-refractivity contribution >= 4 is 17.2 Å². The van der Waals surface area contributed by atoms with Crippen molar-refractivity contribution in [2.75, 3.05) is 19.8 Å². The fourth-order valence-electron chi connectivity index (χ4n) is 2.89. The van der Waals surface area contributed by atoms with Gasteiger partial charge in [0.1, 0.15) is 16.8 Å². The Bertz CT molecular complexity index is 1050. The Labute approximate surface area is 191 Å². The van der Waals surface area contributed by atoms with Crippen LogP contribution in [-0.4, -0.2) is 52.0 Å². The van der Waals surface area contributed by atoms with Crippen LogP contribution in [-0.2, 0) is 17.5 Å². The molecular weight excluding hydrogens is 461 g/mol. The van der Waals surface area contributed by atoms with Gasteiger partial charge in [-0.15, -0.1) is 11.3 Å². The molecule has 3 aromatic rings. The number of aromatic nitrogens is 2. The summed E-state index contributed by atoms with van der Waals surface area (Å²) in [6, 6.07) is 7.20. The van der Waals surface area contributed by atoms with Crippen molar-refractivity contribution in [2.24, 2.45) is 5.73 Å². The number of nitrogens with one attached hydrogen (secondary N) is 2. The molecule has 1 aromatic carbocycles. The second-order valence-corrected chi connectivity index (χ2v) is 8.29. The second-order valence-electron chi connectivity index (χ2n) is 7.14. The number of alkyl halides is 3. The molecule has 2 heterocycles. The number of ether oxygens (including phenoxy) is 1. The summed E-state index contributed by atoms with van der Waals surface area (Å²) in [4.78, 5) is 20.6. The van der Waals surface area contributed by atoms with Gasteiger partial charge in [0, 0.05) is 18.4 Å². The lowest BCUT2D eigenvalue weighted by molar-refractivity contribution is -0.137. The maximum absolute atomic E-state index is 12.7. The van der Waals surface area contributed by atoms with E-state index in [9.17, 15) is 23.1 Å². The molecule has 2 aromatic heterocycles. The number of aliphatic hydroxyl groups is 2. The number of amides is 1. The van der Waals surface area contributed by atoms with Crippen molar-refractivity contribution in [3.05, 3.63) is 63.7 Å². The van der Waals surface area contributed by atoms with Gasteiger partial charge in [0.25, 0.3) is 5.91 Å². The molecule has 0 aliphatic heterocycles. The average molecular weight is 485 g/mol. The van der Waals surface area contributed by atoms with E-state index in [-0.39, 0.29) is 25.5 Å². The molecular formula is C21H23F3N4O4S. The molecule has 0 saturated carbocycles. The van der Waals surface area contributed by atoms with Crippen molar-refractivity contribution in [3.8, 4) is 11.3 Å². The quantitative estimate of drug-likeness (QED) is 0.300. The Morgan fingerprint density at radius 1 is 1.24 bits per heavy atom. The third-order valence-corrected chi connectivity index (χ3v) is 5.71. The lowest BCUT2D eigenvalue weighted by Crippen LogP contribution is -2.33. The van der Waals surface area contributed by atoms with Gasteiger partial charge in [-0.3, -0.25) is 4.79 Å². The van der Waals surface area contributed by atoms with Crippen LogP contribution in [0.2, 0.25) is 0 Å². The topological polar surface area (TPSA) is 133 Å². The Kier molecular flexibility index (Phi) is 8.21. The van der Waals surface area contributed by atoms with E-state index >= 15 is 0 Å². The first-order chi connectivity index (χ1) is 15.7. The minimum atomic E-state index is -4.42. The van der Waals surface area contributed by atoms with Gasteiger partial charge in [-0.05, 0) is 29.8 Å². The van der Waals surface area contributed by atoms with Gasteiger partial charge in [-0.25, -0.2) is 4.98 Å². The van der Waals surface area contributed by atoms with E-state index < -0.39 is 36.4 Å². The van der Waals surface area contributed by atoms with E-state index in [0.29, 0.717) is 16.3 Å². The second kappa shape index (κ2) is 10.9. The number of nitrogens with zero attached hydrogens (tertiary/aromatic N) is 1. The number of aromatic amines is 1. The molecule has 0 spiro atoms. The third-order valence-electron chi connectivity index (χ3n) is 4.63. The van der Waals surface area contributed by atoms with Crippen molar-refractivity contribution in [1.82, 2.24) is 15.3 Å². The zero-order valence-corrected chi connectivity index (χ0v) is 18.1. The van der Waals surface area contributed by atoms with Crippen molar-refractivity contribution in [2.45, 2.75) is 24.9 Å². The minimum absolute atomic E-state index is 0.0190. The molecule has 1 unspecified atom stereocenters. The van der Waals surface area contributed by atoms with Crippen LogP contribution in [0.3, 0.4) is 0 Å². The molecule has 33 heavy (non-hydrogen) atoms. The summed E-state index contributed by atoms with van der Waals surface area (Å²) in [7, 11) is 0. The summed E-state index contributed by atoms with van der Waals surface area (Å²) < 4.78 is 43.5. The van der Waals surface area contributed by atoms with Crippen molar-refractivity contribution < 1.29 is 32.9 Å². The van der Waals surface area contributed by atoms with E-state index in [4.69, 9.17) is 15.6 Å². The maximum Gasteiger partial charge on any atom is 0.416 e. The predicted octanol–water partition coefficient (Wildman–Crippen LogP) is 2.46. The fraction of sp³-hybridized carbons (Fsp3) is 0.333.